The Morgan fingerprint density at radius 1 is 0.963 bits per heavy atom. The van der Waals surface area contributed by atoms with E-state index in [1.54, 1.807) is 6.08 Å². The van der Waals surface area contributed by atoms with Gasteiger partial charge in [-0.2, -0.15) is 5.26 Å². The minimum Gasteiger partial charge on any atom is -0.378 e. The molecule has 0 aliphatic carbocycles. The zero-order valence-electron chi connectivity index (χ0n) is 15.4. The number of hydrogen-bond donors (Lipinski definition) is 0. The van der Waals surface area contributed by atoms with Gasteiger partial charge in [-0.05, 0) is 39.6 Å². The van der Waals surface area contributed by atoms with Crippen molar-refractivity contribution in [1.29, 1.82) is 5.26 Å². The fourth-order valence-corrected chi connectivity index (χ4v) is 3.05. The molecule has 0 aliphatic heterocycles. The van der Waals surface area contributed by atoms with Gasteiger partial charge in [-0.1, -0.05) is 61.2 Å². The average Bonchev–Trinajstić information content (AvgIpc) is 2.70. The molecule has 0 atom stereocenters. The molecule has 0 spiro atoms. The first-order chi connectivity index (χ1) is 13.1. The molecule has 0 heterocycles. The van der Waals surface area contributed by atoms with Gasteiger partial charge in [0.25, 0.3) is 0 Å². The van der Waals surface area contributed by atoms with Crippen LogP contribution in [0, 0.1) is 17.9 Å². The van der Waals surface area contributed by atoms with Crippen LogP contribution in [-0.4, -0.2) is 14.1 Å². The summed E-state index contributed by atoms with van der Waals surface area (Å²) in [6, 6.07) is 18.0. The Balaban J connectivity index is 2.06. The van der Waals surface area contributed by atoms with Crippen LogP contribution >= 0.6 is 0 Å². The molecule has 3 aromatic carbocycles. The number of anilines is 1. The SMILES string of the molecule is [C-]#[N+]c1c(C=Cc2ccc(N(C)C)cc2)ccc2c(C#N)c(C=C)ccc12. The zero-order valence-corrected chi connectivity index (χ0v) is 15.4. The molecule has 0 unspecified atom stereocenters. The summed E-state index contributed by atoms with van der Waals surface area (Å²) >= 11 is 0. The van der Waals surface area contributed by atoms with Gasteiger partial charge in [0, 0.05) is 19.8 Å². The van der Waals surface area contributed by atoms with Crippen LogP contribution in [0.4, 0.5) is 11.4 Å². The third-order valence-electron chi connectivity index (χ3n) is 4.54. The molecule has 0 amide bonds. The molecule has 0 saturated heterocycles. The molecule has 3 nitrogen and oxygen atoms in total. The number of benzene rings is 3. The van der Waals surface area contributed by atoms with E-state index in [9.17, 15) is 5.26 Å². The van der Waals surface area contributed by atoms with Crippen LogP contribution in [0.2, 0.25) is 0 Å². The predicted molar refractivity (Wildman–Crippen MR) is 115 cm³/mol. The van der Waals surface area contributed by atoms with E-state index < -0.39 is 0 Å². The molecule has 27 heavy (non-hydrogen) atoms. The molecular weight excluding hydrogens is 330 g/mol. The van der Waals surface area contributed by atoms with Gasteiger partial charge in [-0.3, -0.25) is 0 Å². The number of hydrogen-bond acceptors (Lipinski definition) is 2. The summed E-state index contributed by atoms with van der Waals surface area (Å²) in [6.07, 6.45) is 5.62. The highest BCUT2D eigenvalue weighted by Gasteiger charge is 2.11. The second kappa shape index (κ2) is 7.60. The lowest BCUT2D eigenvalue weighted by atomic mass is 9.96. The first-order valence-electron chi connectivity index (χ1n) is 8.54. The van der Waals surface area contributed by atoms with Gasteiger partial charge in [0.15, 0.2) is 0 Å². The van der Waals surface area contributed by atoms with Crippen molar-refractivity contribution in [3.8, 4) is 6.07 Å². The highest BCUT2D eigenvalue weighted by molar-refractivity contribution is 6.03. The third kappa shape index (κ3) is 3.45. The molecule has 0 saturated carbocycles. The Bertz CT molecular complexity index is 1120. The summed E-state index contributed by atoms with van der Waals surface area (Å²) < 4.78 is 0. The maximum atomic E-state index is 9.50. The molecule has 0 aliphatic rings. The minimum atomic E-state index is 0.556. The minimum absolute atomic E-state index is 0.556. The molecule has 3 heteroatoms. The van der Waals surface area contributed by atoms with Crippen molar-refractivity contribution in [2.24, 2.45) is 0 Å². The van der Waals surface area contributed by atoms with E-state index in [1.165, 1.54) is 0 Å². The largest absolute Gasteiger partial charge is 0.378 e. The summed E-state index contributed by atoms with van der Waals surface area (Å²) in [5, 5.41) is 11.1. The Labute approximate surface area is 159 Å². The summed E-state index contributed by atoms with van der Waals surface area (Å²) in [6.45, 7) is 11.4. The van der Waals surface area contributed by atoms with Crippen LogP contribution in [0.25, 0.3) is 33.8 Å². The second-order valence-corrected chi connectivity index (χ2v) is 6.38. The lowest BCUT2D eigenvalue weighted by molar-refractivity contribution is 1.13. The van der Waals surface area contributed by atoms with Crippen molar-refractivity contribution in [2.75, 3.05) is 19.0 Å². The molecule has 3 aromatic rings. The molecule has 0 aromatic heterocycles. The van der Waals surface area contributed by atoms with E-state index in [0.717, 1.165) is 33.2 Å². The maximum absolute atomic E-state index is 9.50. The van der Waals surface area contributed by atoms with E-state index in [0.29, 0.717) is 11.3 Å². The topological polar surface area (TPSA) is 31.4 Å². The summed E-state index contributed by atoms with van der Waals surface area (Å²) in [5.41, 5.74) is 4.94. The molecule has 0 bridgehead atoms. The molecule has 0 fully saturated rings. The summed E-state index contributed by atoms with van der Waals surface area (Å²) in [4.78, 5) is 5.79. The summed E-state index contributed by atoms with van der Waals surface area (Å²) in [5.74, 6) is 0. The van der Waals surface area contributed by atoms with E-state index in [-0.39, 0.29) is 0 Å². The van der Waals surface area contributed by atoms with E-state index in [1.807, 2.05) is 50.5 Å². The average molecular weight is 349 g/mol. The van der Waals surface area contributed by atoms with Crippen LogP contribution < -0.4 is 4.90 Å². The smallest absolute Gasteiger partial charge is 0.202 e. The zero-order chi connectivity index (χ0) is 19.4. The highest BCUT2D eigenvalue weighted by Crippen LogP contribution is 2.34. The molecule has 0 N–H and O–H groups in total. The van der Waals surface area contributed by atoms with Crippen LogP contribution in [0.3, 0.4) is 0 Å². The normalized spacial score (nSPS) is 10.5. The van der Waals surface area contributed by atoms with Gasteiger partial charge in [0.1, 0.15) is 6.07 Å². The quantitative estimate of drug-likeness (QED) is 0.418. The van der Waals surface area contributed by atoms with Crippen LogP contribution in [0.5, 0.6) is 0 Å². The Hall–Kier alpha value is -3.82. The predicted octanol–water partition coefficient (Wildman–Crippen LogP) is 6.14. The van der Waals surface area contributed by atoms with Crippen molar-refractivity contribution >= 4 is 40.4 Å². The van der Waals surface area contributed by atoms with Gasteiger partial charge in [-0.25, -0.2) is 4.85 Å². The standard InChI is InChI=1S/C24H19N3/c1-5-18-10-15-22-21(23(18)16-25)14-11-19(24(22)26-2)9-6-17-7-12-20(13-8-17)27(3)4/h5-15H,1H2,3-4H3. The van der Waals surface area contributed by atoms with Gasteiger partial charge >= 0.3 is 0 Å². The Morgan fingerprint density at radius 2 is 1.63 bits per heavy atom. The van der Waals surface area contributed by atoms with E-state index in [4.69, 9.17) is 6.57 Å². The second-order valence-electron chi connectivity index (χ2n) is 6.38. The number of nitriles is 1. The van der Waals surface area contributed by atoms with E-state index >= 15 is 0 Å². The van der Waals surface area contributed by atoms with Crippen molar-refractivity contribution in [3.05, 3.63) is 88.8 Å². The fraction of sp³-hybridized carbons (Fsp3) is 0.0833. The van der Waals surface area contributed by atoms with Crippen LogP contribution in [0.1, 0.15) is 22.3 Å². The van der Waals surface area contributed by atoms with Gasteiger partial charge in [-0.15, -0.1) is 0 Å². The Kier molecular flexibility index (Phi) is 5.06. The van der Waals surface area contributed by atoms with Crippen LogP contribution in [-0.2, 0) is 0 Å². The monoisotopic (exact) mass is 349 g/mol. The van der Waals surface area contributed by atoms with Crippen molar-refractivity contribution in [1.82, 2.24) is 0 Å². The number of rotatable bonds is 4. The van der Waals surface area contributed by atoms with Crippen LogP contribution in [0.15, 0.2) is 55.1 Å². The maximum Gasteiger partial charge on any atom is 0.202 e. The molecule has 130 valence electrons. The van der Waals surface area contributed by atoms with Gasteiger partial charge in [0.2, 0.25) is 5.69 Å². The number of nitrogens with zero attached hydrogens (tertiary/aromatic N) is 3. The van der Waals surface area contributed by atoms with Crippen molar-refractivity contribution < 1.29 is 0 Å². The van der Waals surface area contributed by atoms with E-state index in [2.05, 4.69) is 46.7 Å². The van der Waals surface area contributed by atoms with Gasteiger partial charge < -0.3 is 4.90 Å². The van der Waals surface area contributed by atoms with Gasteiger partial charge in [0.05, 0.1) is 12.1 Å². The summed E-state index contributed by atoms with van der Waals surface area (Å²) in [7, 11) is 4.02. The number of fused-ring (bicyclic) bond motifs is 1. The molecule has 3 rings (SSSR count). The first kappa shape index (κ1) is 18.0. The molecular formula is C24H19N3. The first-order valence-corrected chi connectivity index (χ1v) is 8.54. The Morgan fingerprint density at radius 3 is 2.22 bits per heavy atom. The lowest BCUT2D eigenvalue weighted by Gasteiger charge is -2.11. The fourth-order valence-electron chi connectivity index (χ4n) is 3.05. The van der Waals surface area contributed by atoms with Crippen molar-refractivity contribution in [2.45, 2.75) is 0 Å². The highest BCUT2D eigenvalue weighted by atomic mass is 15.1. The molecule has 0 radical (unpaired) electrons. The third-order valence-corrected chi connectivity index (χ3v) is 4.54. The lowest BCUT2D eigenvalue weighted by Crippen LogP contribution is -2.07. The van der Waals surface area contributed by atoms with Crippen molar-refractivity contribution in [3.63, 3.8) is 0 Å².